The Morgan fingerprint density at radius 2 is 1.84 bits per heavy atom. The van der Waals surface area contributed by atoms with Crippen LogP contribution in [0.15, 0.2) is 46.9 Å². The van der Waals surface area contributed by atoms with Crippen LogP contribution in [-0.4, -0.2) is 24.4 Å². The number of methoxy groups -OCH3 is 2. The van der Waals surface area contributed by atoms with Crippen LogP contribution in [0.1, 0.15) is 17.0 Å². The number of benzene rings is 2. The van der Waals surface area contributed by atoms with Gasteiger partial charge in [-0.05, 0) is 42.8 Å². The molecule has 0 fully saturated rings. The number of hydrogen-bond acceptors (Lipinski definition) is 5. The molecule has 1 aromatic heterocycles. The second kappa shape index (κ2) is 7.40. The van der Waals surface area contributed by atoms with Crippen molar-refractivity contribution in [2.75, 3.05) is 14.2 Å². The van der Waals surface area contributed by atoms with Crippen molar-refractivity contribution in [3.05, 3.63) is 59.5 Å². The average molecular weight is 357 g/mol. The van der Waals surface area contributed by atoms with Crippen molar-refractivity contribution in [1.82, 2.24) is 10.2 Å². The molecule has 6 heteroatoms. The molecule has 0 saturated heterocycles. The average Bonchev–Trinajstić information content (AvgIpc) is 3.12. The van der Waals surface area contributed by atoms with E-state index in [1.165, 1.54) is 0 Å². The third-order valence-electron chi connectivity index (χ3n) is 3.60. The van der Waals surface area contributed by atoms with Crippen LogP contribution in [0.3, 0.4) is 0 Å². The zero-order valence-corrected chi connectivity index (χ0v) is 14.9. The predicted octanol–water partition coefficient (Wildman–Crippen LogP) is 4.80. The molecule has 1 heterocycles. The quantitative estimate of drug-likeness (QED) is 0.657. The van der Waals surface area contributed by atoms with E-state index in [9.17, 15) is 0 Å². The van der Waals surface area contributed by atoms with E-state index in [1.807, 2.05) is 43.3 Å². The SMILES string of the molecule is COc1ccc(/C=C(\Cl)c2nnc(-c3cccc(C)c3)o2)cc1OC. The summed E-state index contributed by atoms with van der Waals surface area (Å²) in [5.74, 6) is 1.95. The molecule has 0 saturated carbocycles. The molecule has 0 radical (unpaired) electrons. The number of halogens is 1. The predicted molar refractivity (Wildman–Crippen MR) is 97.7 cm³/mol. The molecule has 0 bridgehead atoms. The standard InChI is InChI=1S/C19H17ClN2O3/c1-12-5-4-6-14(9-12)18-21-22-19(25-18)15(20)10-13-7-8-16(23-2)17(11-13)24-3/h4-11H,1-3H3/b15-10-. The summed E-state index contributed by atoms with van der Waals surface area (Å²) in [6.07, 6.45) is 1.73. The fourth-order valence-electron chi connectivity index (χ4n) is 2.37. The number of aromatic nitrogens is 2. The molecule has 3 aromatic rings. The van der Waals surface area contributed by atoms with Crippen LogP contribution in [0.4, 0.5) is 0 Å². The Kier molecular flexibility index (Phi) is 5.05. The minimum Gasteiger partial charge on any atom is -0.493 e. The van der Waals surface area contributed by atoms with E-state index >= 15 is 0 Å². The van der Waals surface area contributed by atoms with Crippen molar-refractivity contribution in [3.8, 4) is 23.0 Å². The highest BCUT2D eigenvalue weighted by Gasteiger charge is 2.12. The van der Waals surface area contributed by atoms with Gasteiger partial charge >= 0.3 is 0 Å². The van der Waals surface area contributed by atoms with Gasteiger partial charge in [0.25, 0.3) is 5.89 Å². The van der Waals surface area contributed by atoms with Crippen LogP contribution >= 0.6 is 11.6 Å². The minimum atomic E-state index is 0.257. The first-order valence-corrected chi connectivity index (χ1v) is 7.98. The number of ether oxygens (including phenoxy) is 2. The molecule has 0 N–H and O–H groups in total. The van der Waals surface area contributed by atoms with Crippen molar-refractivity contribution in [2.45, 2.75) is 6.92 Å². The van der Waals surface area contributed by atoms with Gasteiger partial charge in [-0.1, -0.05) is 35.4 Å². The van der Waals surface area contributed by atoms with Gasteiger partial charge in [-0.25, -0.2) is 0 Å². The maximum absolute atomic E-state index is 6.33. The second-order valence-electron chi connectivity index (χ2n) is 5.39. The Labute approximate surface area is 150 Å². The van der Waals surface area contributed by atoms with Crippen molar-refractivity contribution >= 4 is 22.7 Å². The van der Waals surface area contributed by atoms with Crippen LogP contribution in [0.5, 0.6) is 11.5 Å². The molecule has 0 amide bonds. The maximum Gasteiger partial charge on any atom is 0.259 e. The molecule has 25 heavy (non-hydrogen) atoms. The lowest BCUT2D eigenvalue weighted by molar-refractivity contribution is 0.355. The Balaban J connectivity index is 1.88. The van der Waals surface area contributed by atoms with E-state index in [0.29, 0.717) is 22.4 Å². The first-order valence-electron chi connectivity index (χ1n) is 7.61. The van der Waals surface area contributed by atoms with E-state index in [1.54, 1.807) is 26.4 Å². The van der Waals surface area contributed by atoms with Crippen LogP contribution < -0.4 is 9.47 Å². The molecule has 0 atom stereocenters. The van der Waals surface area contributed by atoms with E-state index < -0.39 is 0 Å². The van der Waals surface area contributed by atoms with Gasteiger partial charge in [-0.3, -0.25) is 0 Å². The number of hydrogen-bond donors (Lipinski definition) is 0. The Morgan fingerprint density at radius 3 is 2.56 bits per heavy atom. The summed E-state index contributed by atoms with van der Waals surface area (Å²) in [6.45, 7) is 2.00. The molecular weight excluding hydrogens is 340 g/mol. The fourth-order valence-corrected chi connectivity index (χ4v) is 2.57. The van der Waals surface area contributed by atoms with Gasteiger partial charge in [-0.15, -0.1) is 10.2 Å². The van der Waals surface area contributed by atoms with Crippen LogP contribution in [0, 0.1) is 6.92 Å². The molecular formula is C19H17ClN2O3. The normalized spacial score (nSPS) is 11.4. The molecule has 2 aromatic carbocycles. The highest BCUT2D eigenvalue weighted by molar-refractivity contribution is 6.50. The monoisotopic (exact) mass is 356 g/mol. The van der Waals surface area contributed by atoms with Crippen molar-refractivity contribution in [1.29, 1.82) is 0 Å². The summed E-state index contributed by atoms with van der Waals surface area (Å²) in [5.41, 5.74) is 2.80. The Morgan fingerprint density at radius 1 is 1.04 bits per heavy atom. The highest BCUT2D eigenvalue weighted by atomic mass is 35.5. The van der Waals surface area contributed by atoms with Gasteiger partial charge in [0.15, 0.2) is 11.5 Å². The van der Waals surface area contributed by atoms with Crippen molar-refractivity contribution < 1.29 is 13.9 Å². The summed E-state index contributed by atoms with van der Waals surface area (Å²) in [7, 11) is 3.17. The number of rotatable bonds is 5. The number of aryl methyl sites for hydroxylation is 1. The molecule has 0 spiro atoms. The summed E-state index contributed by atoms with van der Waals surface area (Å²) >= 11 is 6.33. The summed E-state index contributed by atoms with van der Waals surface area (Å²) in [4.78, 5) is 0. The Bertz CT molecular complexity index is 919. The van der Waals surface area contributed by atoms with E-state index in [4.69, 9.17) is 25.5 Å². The Hall–Kier alpha value is -2.79. The first kappa shape index (κ1) is 17.0. The van der Waals surface area contributed by atoms with Crippen molar-refractivity contribution in [2.24, 2.45) is 0 Å². The zero-order valence-electron chi connectivity index (χ0n) is 14.1. The highest BCUT2D eigenvalue weighted by Crippen LogP contribution is 2.30. The van der Waals surface area contributed by atoms with E-state index in [0.717, 1.165) is 16.7 Å². The largest absolute Gasteiger partial charge is 0.493 e. The van der Waals surface area contributed by atoms with E-state index in [2.05, 4.69) is 10.2 Å². The molecule has 128 valence electrons. The van der Waals surface area contributed by atoms with Gasteiger partial charge in [-0.2, -0.15) is 0 Å². The second-order valence-corrected chi connectivity index (χ2v) is 5.80. The zero-order chi connectivity index (χ0) is 17.8. The minimum absolute atomic E-state index is 0.257. The van der Waals surface area contributed by atoms with Crippen LogP contribution in [0.25, 0.3) is 22.6 Å². The maximum atomic E-state index is 6.33. The van der Waals surface area contributed by atoms with Crippen LogP contribution in [0.2, 0.25) is 0 Å². The third-order valence-corrected chi connectivity index (χ3v) is 3.87. The van der Waals surface area contributed by atoms with E-state index in [-0.39, 0.29) is 5.89 Å². The summed E-state index contributed by atoms with van der Waals surface area (Å²) in [6, 6.07) is 13.3. The molecule has 0 aliphatic carbocycles. The number of nitrogens with zero attached hydrogens (tertiary/aromatic N) is 2. The summed E-state index contributed by atoms with van der Waals surface area (Å²) < 4.78 is 16.2. The lowest BCUT2D eigenvalue weighted by atomic mass is 10.1. The summed E-state index contributed by atoms with van der Waals surface area (Å²) in [5, 5.41) is 8.43. The molecule has 0 aliphatic rings. The first-order chi connectivity index (χ1) is 12.1. The third kappa shape index (κ3) is 3.83. The van der Waals surface area contributed by atoms with Gasteiger partial charge in [0.1, 0.15) is 5.03 Å². The fraction of sp³-hybridized carbons (Fsp3) is 0.158. The topological polar surface area (TPSA) is 57.4 Å². The molecule has 3 rings (SSSR count). The van der Waals surface area contributed by atoms with Gasteiger partial charge in [0.05, 0.1) is 14.2 Å². The van der Waals surface area contributed by atoms with Gasteiger partial charge < -0.3 is 13.9 Å². The molecule has 5 nitrogen and oxygen atoms in total. The van der Waals surface area contributed by atoms with Gasteiger partial charge in [0.2, 0.25) is 5.89 Å². The van der Waals surface area contributed by atoms with Crippen LogP contribution in [-0.2, 0) is 0 Å². The van der Waals surface area contributed by atoms with Gasteiger partial charge in [0, 0.05) is 5.56 Å². The lowest BCUT2D eigenvalue weighted by Gasteiger charge is -2.07. The lowest BCUT2D eigenvalue weighted by Crippen LogP contribution is -1.90. The van der Waals surface area contributed by atoms with Crippen molar-refractivity contribution in [3.63, 3.8) is 0 Å². The smallest absolute Gasteiger partial charge is 0.259 e. The molecule has 0 aliphatic heterocycles. The molecule has 0 unspecified atom stereocenters.